The first kappa shape index (κ1) is 19.2. The molecule has 2 heterocycles. The first-order valence-corrected chi connectivity index (χ1v) is 11.5. The van der Waals surface area contributed by atoms with E-state index in [1.807, 2.05) is 44.2 Å². The minimum atomic E-state index is -0.0434. The summed E-state index contributed by atoms with van der Waals surface area (Å²) >= 11 is 2.84. The second kappa shape index (κ2) is 8.09. The number of nitrogens with one attached hydrogen (secondary N) is 1. The summed E-state index contributed by atoms with van der Waals surface area (Å²) in [6.45, 7) is 4.02. The molecule has 0 saturated heterocycles. The van der Waals surface area contributed by atoms with Crippen LogP contribution >= 0.6 is 23.1 Å². The van der Waals surface area contributed by atoms with Gasteiger partial charge in [0.2, 0.25) is 5.91 Å². The molecule has 1 aliphatic rings. The Bertz CT molecular complexity index is 1050. The second-order valence-electron chi connectivity index (χ2n) is 7.18. The van der Waals surface area contributed by atoms with Crippen LogP contribution in [0.5, 0.6) is 0 Å². The van der Waals surface area contributed by atoms with Gasteiger partial charge in [-0.1, -0.05) is 36.9 Å². The minimum absolute atomic E-state index is 0.0378. The van der Waals surface area contributed by atoms with E-state index in [1.165, 1.54) is 23.1 Å². The van der Waals surface area contributed by atoms with E-state index in [4.69, 9.17) is 4.98 Å². The van der Waals surface area contributed by atoms with Gasteiger partial charge >= 0.3 is 0 Å². The summed E-state index contributed by atoms with van der Waals surface area (Å²) in [6.07, 6.45) is 3.17. The average molecular weight is 414 g/mol. The van der Waals surface area contributed by atoms with Gasteiger partial charge in [0.25, 0.3) is 5.56 Å². The van der Waals surface area contributed by atoms with Gasteiger partial charge in [0, 0.05) is 6.04 Å². The van der Waals surface area contributed by atoms with Crippen LogP contribution in [0.1, 0.15) is 44.6 Å². The zero-order valence-corrected chi connectivity index (χ0v) is 17.6. The Kier molecular flexibility index (Phi) is 5.55. The summed E-state index contributed by atoms with van der Waals surface area (Å²) < 4.78 is 1.65. The van der Waals surface area contributed by atoms with Crippen LogP contribution in [0.25, 0.3) is 15.9 Å². The van der Waals surface area contributed by atoms with Crippen molar-refractivity contribution >= 4 is 39.2 Å². The van der Waals surface area contributed by atoms with Gasteiger partial charge in [0.05, 0.1) is 16.8 Å². The fraction of sp³-hybridized carbons (Fsp3) is 0.381. The molecule has 28 heavy (non-hydrogen) atoms. The number of amides is 1. The molecule has 1 aromatic carbocycles. The molecule has 0 radical (unpaired) electrons. The van der Waals surface area contributed by atoms with Crippen molar-refractivity contribution in [1.82, 2.24) is 14.9 Å². The molecule has 1 unspecified atom stereocenters. The molecule has 1 N–H and O–H groups in total. The van der Waals surface area contributed by atoms with Crippen LogP contribution in [-0.2, 0) is 4.79 Å². The van der Waals surface area contributed by atoms with Gasteiger partial charge in [-0.15, -0.1) is 11.3 Å². The number of carbonyl (C=O) groups is 1. The Labute approximate surface area is 172 Å². The normalized spacial score (nSPS) is 14.9. The Balaban J connectivity index is 1.74. The molecule has 1 atom stereocenters. The number of fused-ring (bicyclic) bond motifs is 1. The van der Waals surface area contributed by atoms with Gasteiger partial charge in [-0.25, -0.2) is 4.98 Å². The van der Waals surface area contributed by atoms with Crippen molar-refractivity contribution in [3.63, 3.8) is 0 Å². The molecule has 1 fully saturated rings. The van der Waals surface area contributed by atoms with E-state index in [2.05, 4.69) is 10.7 Å². The number of carbonyl (C=O) groups excluding carboxylic acids is 1. The van der Waals surface area contributed by atoms with Crippen LogP contribution in [0.4, 0.5) is 0 Å². The van der Waals surface area contributed by atoms with E-state index >= 15 is 0 Å². The number of thiophene rings is 1. The number of para-hydroxylation sites is 1. The molecule has 1 saturated carbocycles. The monoisotopic (exact) mass is 413 g/mol. The van der Waals surface area contributed by atoms with Gasteiger partial charge < -0.3 is 5.32 Å². The van der Waals surface area contributed by atoms with Crippen molar-refractivity contribution < 1.29 is 4.79 Å². The Morgan fingerprint density at radius 2 is 2.11 bits per heavy atom. The highest BCUT2D eigenvalue weighted by Gasteiger charge is 2.29. The van der Waals surface area contributed by atoms with Crippen molar-refractivity contribution in [3.05, 3.63) is 51.6 Å². The van der Waals surface area contributed by atoms with Crippen LogP contribution in [0.15, 0.2) is 45.7 Å². The van der Waals surface area contributed by atoms with E-state index in [-0.39, 0.29) is 23.3 Å². The summed E-state index contributed by atoms with van der Waals surface area (Å²) in [5, 5.41) is 6.35. The molecule has 3 aromatic rings. The van der Waals surface area contributed by atoms with Gasteiger partial charge in [0.1, 0.15) is 4.83 Å². The van der Waals surface area contributed by atoms with E-state index in [0.717, 1.165) is 40.7 Å². The third-order valence-electron chi connectivity index (χ3n) is 4.99. The lowest BCUT2D eigenvalue weighted by Gasteiger charge is -2.14. The third-order valence-corrected chi connectivity index (χ3v) is 6.82. The van der Waals surface area contributed by atoms with Crippen LogP contribution in [-0.4, -0.2) is 27.3 Å². The number of nitrogens with zero attached hydrogens (tertiary/aromatic N) is 2. The lowest BCUT2D eigenvalue weighted by atomic mass is 10.1. The fourth-order valence-corrected chi connectivity index (χ4v) is 5.02. The summed E-state index contributed by atoms with van der Waals surface area (Å²) in [4.78, 5) is 31.2. The maximum atomic E-state index is 13.4. The number of hydrogen-bond acceptors (Lipinski definition) is 5. The van der Waals surface area contributed by atoms with Gasteiger partial charge in [-0.05, 0) is 55.2 Å². The molecule has 5 nitrogen and oxygen atoms in total. The summed E-state index contributed by atoms with van der Waals surface area (Å²) in [5.74, 6) is 0.682. The van der Waals surface area contributed by atoms with Crippen molar-refractivity contribution in [2.45, 2.75) is 50.2 Å². The van der Waals surface area contributed by atoms with Crippen LogP contribution < -0.4 is 10.9 Å². The molecule has 2 aromatic heterocycles. The molecule has 7 heteroatoms. The summed E-state index contributed by atoms with van der Waals surface area (Å²) in [7, 11) is 0. The van der Waals surface area contributed by atoms with Crippen molar-refractivity contribution in [2.24, 2.45) is 0 Å². The van der Waals surface area contributed by atoms with Gasteiger partial charge in [0.15, 0.2) is 5.16 Å². The quantitative estimate of drug-likeness (QED) is 0.462. The second-order valence-corrected chi connectivity index (χ2v) is 8.98. The SMILES string of the molecule is CCC(C)NC(=O)CSc1nc2scc(C3CC3)c2c(=O)n1-c1ccccc1. The largest absolute Gasteiger partial charge is 0.353 e. The molecule has 0 bridgehead atoms. The first-order chi connectivity index (χ1) is 13.6. The summed E-state index contributed by atoms with van der Waals surface area (Å²) in [6, 6.07) is 9.69. The topological polar surface area (TPSA) is 64.0 Å². The number of hydrogen-bond donors (Lipinski definition) is 1. The molecule has 1 aliphatic carbocycles. The van der Waals surface area contributed by atoms with Crippen molar-refractivity contribution in [3.8, 4) is 5.69 Å². The van der Waals surface area contributed by atoms with Crippen LogP contribution in [0.3, 0.4) is 0 Å². The van der Waals surface area contributed by atoms with E-state index in [9.17, 15) is 9.59 Å². The molecular formula is C21H23N3O2S2. The molecule has 4 rings (SSSR count). The van der Waals surface area contributed by atoms with Crippen molar-refractivity contribution in [2.75, 3.05) is 5.75 Å². The number of benzene rings is 1. The van der Waals surface area contributed by atoms with Gasteiger partial charge in [-0.2, -0.15) is 0 Å². The van der Waals surface area contributed by atoms with E-state index in [0.29, 0.717) is 11.1 Å². The zero-order chi connectivity index (χ0) is 19.7. The maximum Gasteiger partial charge on any atom is 0.267 e. The highest BCUT2D eigenvalue weighted by molar-refractivity contribution is 7.99. The number of rotatable bonds is 7. The third kappa shape index (κ3) is 3.86. The Morgan fingerprint density at radius 3 is 2.79 bits per heavy atom. The lowest BCUT2D eigenvalue weighted by Crippen LogP contribution is -2.33. The summed E-state index contributed by atoms with van der Waals surface area (Å²) in [5.41, 5.74) is 1.87. The van der Waals surface area contributed by atoms with E-state index in [1.54, 1.807) is 4.57 Å². The van der Waals surface area contributed by atoms with Crippen molar-refractivity contribution in [1.29, 1.82) is 0 Å². The standard InChI is InChI=1S/C21H23N3O2S2/c1-3-13(2)22-17(25)12-28-21-23-19-18(16(11-27-19)14-9-10-14)20(26)24(21)15-7-5-4-6-8-15/h4-8,11,13-14H,3,9-10,12H2,1-2H3,(H,22,25). The Morgan fingerprint density at radius 1 is 1.36 bits per heavy atom. The predicted molar refractivity (Wildman–Crippen MR) is 116 cm³/mol. The molecular weight excluding hydrogens is 390 g/mol. The predicted octanol–water partition coefficient (Wildman–Crippen LogP) is 4.33. The highest BCUT2D eigenvalue weighted by Crippen LogP contribution is 2.44. The lowest BCUT2D eigenvalue weighted by molar-refractivity contribution is -0.119. The smallest absolute Gasteiger partial charge is 0.267 e. The first-order valence-electron chi connectivity index (χ1n) is 9.60. The zero-order valence-electron chi connectivity index (χ0n) is 16.0. The minimum Gasteiger partial charge on any atom is -0.353 e. The molecule has 0 aliphatic heterocycles. The Hall–Kier alpha value is -2.12. The molecule has 146 valence electrons. The molecule has 0 spiro atoms. The molecule has 1 amide bonds. The fourth-order valence-electron chi connectivity index (χ4n) is 3.14. The highest BCUT2D eigenvalue weighted by atomic mass is 32.2. The average Bonchev–Trinajstić information content (AvgIpc) is 3.46. The van der Waals surface area contributed by atoms with Crippen LogP contribution in [0, 0.1) is 0 Å². The number of aromatic nitrogens is 2. The van der Waals surface area contributed by atoms with E-state index < -0.39 is 0 Å². The van der Waals surface area contributed by atoms with Crippen LogP contribution in [0.2, 0.25) is 0 Å². The maximum absolute atomic E-state index is 13.4. The number of thioether (sulfide) groups is 1. The van der Waals surface area contributed by atoms with Gasteiger partial charge in [-0.3, -0.25) is 14.2 Å².